The van der Waals surface area contributed by atoms with E-state index in [0.717, 1.165) is 16.6 Å². The highest BCUT2D eigenvalue weighted by Gasteiger charge is 2.30. The molecule has 0 bridgehead atoms. The summed E-state index contributed by atoms with van der Waals surface area (Å²) in [5.74, 6) is 0.334. The van der Waals surface area contributed by atoms with Gasteiger partial charge in [0, 0.05) is 36.1 Å². The highest BCUT2D eigenvalue weighted by Crippen LogP contribution is 2.31. The summed E-state index contributed by atoms with van der Waals surface area (Å²) in [6.45, 7) is 3.07. The number of H-pyrrole nitrogens is 1. The molecule has 1 aliphatic rings. The van der Waals surface area contributed by atoms with Crippen molar-refractivity contribution < 1.29 is 17.5 Å². The number of sulfonamides is 1. The molecule has 1 aliphatic heterocycles. The fraction of sp³-hybridized carbons (Fsp3) is 0.263. The number of hydrogen-bond acceptors (Lipinski definition) is 3. The summed E-state index contributed by atoms with van der Waals surface area (Å²) in [4.78, 5) is 3.46. The van der Waals surface area contributed by atoms with E-state index in [1.165, 1.54) is 16.4 Å². The zero-order valence-electron chi connectivity index (χ0n) is 14.3. The number of aromatic amines is 1. The largest absolute Gasteiger partial charge is 0.494 e. The molecule has 3 aromatic rings. The summed E-state index contributed by atoms with van der Waals surface area (Å²) in [5, 5.41) is 0.869. The first kappa shape index (κ1) is 17.1. The average molecular weight is 374 g/mol. The topological polar surface area (TPSA) is 62.4 Å². The van der Waals surface area contributed by atoms with Crippen LogP contribution < -0.4 is 4.74 Å². The molecule has 5 nitrogen and oxygen atoms in total. The molecule has 1 N–H and O–H groups in total. The van der Waals surface area contributed by atoms with Crippen LogP contribution in [0.15, 0.2) is 47.4 Å². The number of ether oxygens (including phenoxy) is 1. The Hall–Kier alpha value is -2.38. The van der Waals surface area contributed by atoms with Gasteiger partial charge in [0.05, 0.1) is 11.5 Å². The molecule has 0 radical (unpaired) electrons. The molecule has 2 heterocycles. The summed E-state index contributed by atoms with van der Waals surface area (Å²) in [6, 6.07) is 11.0. The maximum absolute atomic E-state index is 13.4. The smallest absolute Gasteiger partial charge is 0.243 e. The predicted molar refractivity (Wildman–Crippen MR) is 97.2 cm³/mol. The number of aromatic nitrogens is 1. The second-order valence-electron chi connectivity index (χ2n) is 6.27. The van der Waals surface area contributed by atoms with E-state index in [1.54, 1.807) is 30.3 Å². The van der Waals surface area contributed by atoms with Gasteiger partial charge in [0.15, 0.2) is 0 Å². The maximum Gasteiger partial charge on any atom is 0.243 e. The fourth-order valence-corrected chi connectivity index (χ4v) is 4.81. The molecule has 0 amide bonds. The van der Waals surface area contributed by atoms with Crippen LogP contribution in [-0.2, 0) is 23.0 Å². The Bertz CT molecular complexity index is 1060. The minimum absolute atomic E-state index is 0.246. The number of halogens is 1. The highest BCUT2D eigenvalue weighted by atomic mass is 32.2. The van der Waals surface area contributed by atoms with E-state index in [-0.39, 0.29) is 17.3 Å². The Kier molecular flexibility index (Phi) is 4.20. The van der Waals surface area contributed by atoms with Crippen molar-refractivity contribution in [1.82, 2.24) is 9.29 Å². The molecule has 0 atom stereocenters. The lowest BCUT2D eigenvalue weighted by atomic mass is 10.1. The van der Waals surface area contributed by atoms with Gasteiger partial charge in [0.2, 0.25) is 10.0 Å². The second kappa shape index (κ2) is 6.41. The molecule has 0 fully saturated rings. The fourth-order valence-electron chi connectivity index (χ4n) is 3.40. The lowest BCUT2D eigenvalue weighted by Gasteiger charge is -2.26. The maximum atomic E-state index is 13.4. The molecule has 136 valence electrons. The van der Waals surface area contributed by atoms with E-state index in [2.05, 4.69) is 4.98 Å². The Morgan fingerprint density at radius 1 is 1.19 bits per heavy atom. The van der Waals surface area contributed by atoms with Gasteiger partial charge in [0.25, 0.3) is 0 Å². The van der Waals surface area contributed by atoms with Gasteiger partial charge in [-0.2, -0.15) is 4.31 Å². The third-order valence-electron chi connectivity index (χ3n) is 4.67. The van der Waals surface area contributed by atoms with Crippen molar-refractivity contribution in [1.29, 1.82) is 0 Å². The lowest BCUT2D eigenvalue weighted by Crippen LogP contribution is -2.35. The average Bonchev–Trinajstić information content (AvgIpc) is 2.99. The number of rotatable bonds is 4. The van der Waals surface area contributed by atoms with Crippen LogP contribution in [0.5, 0.6) is 5.75 Å². The summed E-state index contributed by atoms with van der Waals surface area (Å²) < 4.78 is 46.3. The van der Waals surface area contributed by atoms with E-state index in [4.69, 9.17) is 4.74 Å². The highest BCUT2D eigenvalue weighted by molar-refractivity contribution is 7.89. The van der Waals surface area contributed by atoms with Crippen molar-refractivity contribution in [3.05, 3.63) is 59.5 Å². The van der Waals surface area contributed by atoms with Crippen molar-refractivity contribution >= 4 is 20.9 Å². The van der Waals surface area contributed by atoms with Crippen LogP contribution in [0.1, 0.15) is 18.2 Å². The molecule has 2 aromatic carbocycles. The van der Waals surface area contributed by atoms with Crippen LogP contribution >= 0.6 is 0 Å². The van der Waals surface area contributed by atoms with Gasteiger partial charge in [-0.15, -0.1) is 0 Å². The Labute approximate surface area is 151 Å². The number of nitrogens with one attached hydrogen (secondary N) is 1. The summed E-state index contributed by atoms with van der Waals surface area (Å²) >= 11 is 0. The van der Waals surface area contributed by atoms with Crippen LogP contribution in [0.4, 0.5) is 4.39 Å². The predicted octanol–water partition coefficient (Wildman–Crippen LogP) is 3.45. The zero-order chi connectivity index (χ0) is 18.3. The molecule has 1 aromatic heterocycles. The molecule has 0 saturated heterocycles. The number of fused-ring (bicyclic) bond motifs is 3. The van der Waals surface area contributed by atoms with Gasteiger partial charge >= 0.3 is 0 Å². The van der Waals surface area contributed by atoms with Crippen molar-refractivity contribution in [2.75, 3.05) is 13.2 Å². The monoisotopic (exact) mass is 374 g/mol. The first-order valence-corrected chi connectivity index (χ1v) is 9.95. The summed E-state index contributed by atoms with van der Waals surface area (Å²) in [6.07, 6.45) is 0.571. The van der Waals surface area contributed by atoms with E-state index in [9.17, 15) is 12.8 Å². The number of hydrogen-bond donors (Lipinski definition) is 1. The molecule has 26 heavy (non-hydrogen) atoms. The molecule has 0 saturated carbocycles. The first-order chi connectivity index (χ1) is 12.5. The lowest BCUT2D eigenvalue weighted by molar-refractivity contribution is 0.340. The zero-order valence-corrected chi connectivity index (χ0v) is 15.1. The van der Waals surface area contributed by atoms with E-state index in [1.807, 2.05) is 6.92 Å². The molecule has 0 aliphatic carbocycles. The van der Waals surface area contributed by atoms with Crippen LogP contribution in [0.2, 0.25) is 0 Å². The van der Waals surface area contributed by atoms with Crippen molar-refractivity contribution in [3.63, 3.8) is 0 Å². The third-order valence-corrected chi connectivity index (χ3v) is 6.53. The van der Waals surface area contributed by atoms with Crippen molar-refractivity contribution in [3.8, 4) is 5.75 Å². The molecule has 4 rings (SSSR count). The minimum atomic E-state index is -3.60. The molecule has 0 unspecified atom stereocenters. The number of benzene rings is 2. The first-order valence-electron chi connectivity index (χ1n) is 8.51. The Morgan fingerprint density at radius 2 is 1.96 bits per heavy atom. The van der Waals surface area contributed by atoms with Gasteiger partial charge < -0.3 is 9.72 Å². The van der Waals surface area contributed by atoms with Gasteiger partial charge in [-0.05, 0) is 55.0 Å². The van der Waals surface area contributed by atoms with Crippen LogP contribution in [-0.4, -0.2) is 30.9 Å². The minimum Gasteiger partial charge on any atom is -0.494 e. The Morgan fingerprint density at radius 3 is 2.69 bits per heavy atom. The quantitative estimate of drug-likeness (QED) is 0.761. The summed E-state index contributed by atoms with van der Waals surface area (Å²) in [7, 11) is -3.60. The normalized spacial score (nSPS) is 15.2. The van der Waals surface area contributed by atoms with E-state index < -0.39 is 10.0 Å². The number of nitrogens with zero attached hydrogens (tertiary/aromatic N) is 1. The van der Waals surface area contributed by atoms with Crippen LogP contribution in [0.3, 0.4) is 0 Å². The van der Waals surface area contributed by atoms with Gasteiger partial charge in [-0.1, -0.05) is 0 Å². The molecular weight excluding hydrogens is 355 g/mol. The van der Waals surface area contributed by atoms with Gasteiger partial charge in [0.1, 0.15) is 11.6 Å². The third kappa shape index (κ3) is 2.87. The standard InChI is InChI=1S/C19H19FN2O3S/c1-2-25-14-4-6-15(7-5-14)26(23,24)22-10-9-18-17(12-22)16-8-3-13(20)11-19(16)21-18/h3-8,11,21H,2,9-10,12H2,1H3. The van der Waals surface area contributed by atoms with Crippen molar-refractivity contribution in [2.45, 2.75) is 24.8 Å². The SMILES string of the molecule is CCOc1ccc(S(=O)(=O)N2CCc3[nH]c4cc(F)ccc4c3C2)cc1. The van der Waals surface area contributed by atoms with Crippen LogP contribution in [0.25, 0.3) is 10.9 Å². The van der Waals surface area contributed by atoms with Crippen LogP contribution in [0, 0.1) is 5.82 Å². The molecular formula is C19H19FN2O3S. The second-order valence-corrected chi connectivity index (χ2v) is 8.20. The Balaban J connectivity index is 1.66. The van der Waals surface area contributed by atoms with E-state index in [0.29, 0.717) is 30.8 Å². The van der Waals surface area contributed by atoms with Crippen molar-refractivity contribution in [2.24, 2.45) is 0 Å². The van der Waals surface area contributed by atoms with Gasteiger partial charge in [-0.25, -0.2) is 12.8 Å². The van der Waals surface area contributed by atoms with E-state index >= 15 is 0 Å². The van der Waals surface area contributed by atoms with Gasteiger partial charge in [-0.3, -0.25) is 0 Å². The molecule has 7 heteroatoms. The molecule has 0 spiro atoms. The summed E-state index contributed by atoms with van der Waals surface area (Å²) in [5.41, 5.74) is 2.60.